The van der Waals surface area contributed by atoms with Crippen LogP contribution >= 0.6 is 0 Å². The second-order valence-corrected chi connectivity index (χ2v) is 5.81. The number of benzene rings is 2. The fourth-order valence-corrected chi connectivity index (χ4v) is 2.71. The number of H-pyrrole nitrogens is 1. The molecule has 2 N–H and O–H groups in total. The van der Waals surface area contributed by atoms with Gasteiger partial charge in [-0.15, -0.1) is 0 Å². The van der Waals surface area contributed by atoms with E-state index in [4.69, 9.17) is 0 Å². The van der Waals surface area contributed by atoms with Gasteiger partial charge < -0.3 is 10.3 Å². The molecule has 3 aromatic rings. The quantitative estimate of drug-likeness (QED) is 0.668. The van der Waals surface area contributed by atoms with Crippen LogP contribution in [0.25, 0.3) is 10.9 Å². The molecule has 6 heteroatoms. The third kappa shape index (κ3) is 4.03. The zero-order valence-corrected chi connectivity index (χ0v) is 13.7. The maximum Gasteiger partial charge on any atom is 0.329 e. The number of para-hydroxylation sites is 1. The largest absolute Gasteiger partial charge is 0.355 e. The Morgan fingerprint density at radius 2 is 1.72 bits per heavy atom. The van der Waals surface area contributed by atoms with E-state index in [0.717, 1.165) is 17.4 Å². The number of hydrogen-bond donors (Lipinski definition) is 2. The maximum absolute atomic E-state index is 12.4. The zero-order chi connectivity index (χ0) is 17.6. The van der Waals surface area contributed by atoms with Gasteiger partial charge in [0.2, 0.25) is 5.91 Å². The number of aromatic nitrogens is 2. The van der Waals surface area contributed by atoms with Crippen LogP contribution in [0, 0.1) is 0 Å². The molecular weight excluding hydrogens is 318 g/mol. The van der Waals surface area contributed by atoms with Crippen LogP contribution in [0.1, 0.15) is 12.0 Å². The highest BCUT2D eigenvalue weighted by Gasteiger charge is 2.10. The van der Waals surface area contributed by atoms with Crippen molar-refractivity contribution < 1.29 is 4.79 Å². The summed E-state index contributed by atoms with van der Waals surface area (Å²) in [6.07, 6.45) is 1.65. The molecule has 2 aromatic carbocycles. The lowest BCUT2D eigenvalue weighted by Gasteiger charge is -2.08. The van der Waals surface area contributed by atoms with E-state index in [0.29, 0.717) is 17.4 Å². The first-order chi connectivity index (χ1) is 12.1. The van der Waals surface area contributed by atoms with Crippen molar-refractivity contribution in [1.29, 1.82) is 0 Å². The Morgan fingerprint density at radius 3 is 2.52 bits per heavy atom. The maximum atomic E-state index is 12.4. The van der Waals surface area contributed by atoms with E-state index in [2.05, 4.69) is 10.3 Å². The number of carbonyl (C=O) groups excluding carboxylic acids is 1. The molecule has 0 bridgehead atoms. The van der Waals surface area contributed by atoms with Gasteiger partial charge in [0, 0.05) is 6.54 Å². The second-order valence-electron chi connectivity index (χ2n) is 5.81. The van der Waals surface area contributed by atoms with E-state index in [1.807, 2.05) is 30.3 Å². The van der Waals surface area contributed by atoms with Crippen LogP contribution in [0.2, 0.25) is 0 Å². The fourth-order valence-electron chi connectivity index (χ4n) is 2.71. The lowest BCUT2D eigenvalue weighted by molar-refractivity contribution is -0.121. The second kappa shape index (κ2) is 7.61. The molecule has 0 fully saturated rings. The lowest BCUT2D eigenvalue weighted by Crippen LogP contribution is -2.40. The number of rotatable bonds is 6. The molecule has 1 heterocycles. The third-order valence-corrected chi connectivity index (χ3v) is 4.00. The Kier molecular flexibility index (Phi) is 5.09. The van der Waals surface area contributed by atoms with Crippen LogP contribution in [0.15, 0.2) is 64.2 Å². The van der Waals surface area contributed by atoms with Crippen molar-refractivity contribution in [3.63, 3.8) is 0 Å². The van der Waals surface area contributed by atoms with Crippen molar-refractivity contribution in [3.8, 4) is 0 Å². The molecule has 0 aliphatic rings. The van der Waals surface area contributed by atoms with Gasteiger partial charge >= 0.3 is 5.69 Å². The molecule has 0 aliphatic heterocycles. The summed E-state index contributed by atoms with van der Waals surface area (Å²) in [5, 5.41) is 3.14. The van der Waals surface area contributed by atoms with Crippen LogP contribution < -0.4 is 16.6 Å². The van der Waals surface area contributed by atoms with Crippen molar-refractivity contribution >= 4 is 16.8 Å². The van der Waals surface area contributed by atoms with Gasteiger partial charge in [0.05, 0.1) is 10.9 Å². The van der Waals surface area contributed by atoms with Gasteiger partial charge in [0.1, 0.15) is 6.54 Å². The molecule has 25 heavy (non-hydrogen) atoms. The molecule has 6 nitrogen and oxygen atoms in total. The normalized spacial score (nSPS) is 10.7. The molecule has 3 rings (SSSR count). The molecule has 0 radical (unpaired) electrons. The number of fused-ring (bicyclic) bond motifs is 1. The summed E-state index contributed by atoms with van der Waals surface area (Å²) in [7, 11) is 0. The average molecular weight is 337 g/mol. The van der Waals surface area contributed by atoms with Gasteiger partial charge in [-0.25, -0.2) is 4.79 Å². The van der Waals surface area contributed by atoms with E-state index in [9.17, 15) is 14.4 Å². The van der Waals surface area contributed by atoms with Crippen molar-refractivity contribution in [2.75, 3.05) is 6.54 Å². The number of nitrogens with one attached hydrogen (secondary N) is 2. The number of aryl methyl sites for hydroxylation is 1. The number of nitrogens with zero attached hydrogens (tertiary/aromatic N) is 1. The first-order valence-corrected chi connectivity index (χ1v) is 8.17. The van der Waals surface area contributed by atoms with Crippen LogP contribution in [0.4, 0.5) is 0 Å². The molecule has 0 saturated carbocycles. The summed E-state index contributed by atoms with van der Waals surface area (Å²) in [4.78, 5) is 39.1. The molecule has 128 valence electrons. The topological polar surface area (TPSA) is 84.0 Å². The summed E-state index contributed by atoms with van der Waals surface area (Å²) >= 11 is 0. The van der Waals surface area contributed by atoms with Crippen molar-refractivity contribution in [3.05, 3.63) is 81.0 Å². The summed E-state index contributed by atoms with van der Waals surface area (Å²) in [6, 6.07) is 16.7. The van der Waals surface area contributed by atoms with E-state index in [-0.39, 0.29) is 12.5 Å². The Labute approximate surface area is 144 Å². The summed E-state index contributed by atoms with van der Waals surface area (Å²) in [6.45, 7) is 0.207. The number of hydrogen-bond acceptors (Lipinski definition) is 3. The molecule has 0 saturated heterocycles. The molecule has 1 aromatic heterocycles. The Hall–Kier alpha value is -3.15. The number of aromatic amines is 1. The van der Waals surface area contributed by atoms with Gasteiger partial charge in [-0.2, -0.15) is 0 Å². The molecule has 1 amide bonds. The highest BCUT2D eigenvalue weighted by Crippen LogP contribution is 2.03. The molecule has 0 aliphatic carbocycles. The Morgan fingerprint density at radius 1 is 1.00 bits per heavy atom. The molecular formula is C19H19N3O3. The van der Waals surface area contributed by atoms with E-state index < -0.39 is 11.2 Å². The minimum Gasteiger partial charge on any atom is -0.355 e. The molecule has 0 spiro atoms. The first kappa shape index (κ1) is 16.7. The Balaban J connectivity index is 1.60. The number of carbonyl (C=O) groups is 1. The van der Waals surface area contributed by atoms with Crippen molar-refractivity contribution in [2.24, 2.45) is 0 Å². The van der Waals surface area contributed by atoms with E-state index in [1.165, 1.54) is 5.56 Å². The van der Waals surface area contributed by atoms with Crippen LogP contribution in [-0.4, -0.2) is 22.0 Å². The lowest BCUT2D eigenvalue weighted by atomic mass is 10.1. The zero-order valence-electron chi connectivity index (χ0n) is 13.7. The van der Waals surface area contributed by atoms with E-state index >= 15 is 0 Å². The fraction of sp³-hybridized carbons (Fsp3) is 0.211. The van der Waals surface area contributed by atoms with Crippen LogP contribution in [-0.2, 0) is 17.8 Å². The van der Waals surface area contributed by atoms with Gasteiger partial charge in [-0.05, 0) is 30.5 Å². The van der Waals surface area contributed by atoms with Gasteiger partial charge in [-0.3, -0.25) is 14.2 Å². The van der Waals surface area contributed by atoms with Crippen molar-refractivity contribution in [2.45, 2.75) is 19.4 Å². The highest BCUT2D eigenvalue weighted by molar-refractivity contribution is 5.78. The number of amides is 1. The van der Waals surface area contributed by atoms with Crippen LogP contribution in [0.5, 0.6) is 0 Å². The first-order valence-electron chi connectivity index (χ1n) is 8.17. The standard InChI is InChI=1S/C19H19N3O3/c23-17(20-12-6-9-14-7-2-1-3-8-14)13-22-18(24)15-10-4-5-11-16(15)21-19(22)25/h1-5,7-8,10-11H,6,9,12-13H2,(H,20,23)(H,21,25). The predicted molar refractivity (Wildman–Crippen MR) is 96.6 cm³/mol. The van der Waals surface area contributed by atoms with Gasteiger partial charge in [-0.1, -0.05) is 42.5 Å². The summed E-state index contributed by atoms with van der Waals surface area (Å²) in [5.41, 5.74) is 0.637. The summed E-state index contributed by atoms with van der Waals surface area (Å²) < 4.78 is 0.925. The SMILES string of the molecule is O=C(Cn1c(=O)[nH]c2ccccc2c1=O)NCCCc1ccccc1. The molecule has 0 unspecified atom stereocenters. The van der Waals surface area contributed by atoms with Crippen LogP contribution in [0.3, 0.4) is 0 Å². The van der Waals surface area contributed by atoms with Gasteiger partial charge in [0.15, 0.2) is 0 Å². The minimum atomic E-state index is -0.580. The smallest absolute Gasteiger partial charge is 0.329 e. The highest BCUT2D eigenvalue weighted by atomic mass is 16.2. The monoisotopic (exact) mass is 337 g/mol. The third-order valence-electron chi connectivity index (χ3n) is 4.00. The summed E-state index contributed by atoms with van der Waals surface area (Å²) in [5.74, 6) is -0.351. The van der Waals surface area contributed by atoms with Gasteiger partial charge in [0.25, 0.3) is 5.56 Å². The van der Waals surface area contributed by atoms with Crippen molar-refractivity contribution in [1.82, 2.24) is 14.9 Å². The molecule has 0 atom stereocenters. The predicted octanol–water partition coefficient (Wildman–Crippen LogP) is 1.44. The van der Waals surface area contributed by atoms with E-state index in [1.54, 1.807) is 24.3 Å². The minimum absolute atomic E-state index is 0.287. The average Bonchev–Trinajstić information content (AvgIpc) is 2.63. The Bertz CT molecular complexity index is 990.